The number of Topliss-reactive ketones (excluding diaryl/α,β-unsaturated/α-hetero) is 1. The second kappa shape index (κ2) is 9.24. The van der Waals surface area contributed by atoms with Crippen LogP contribution < -0.4 is 10.4 Å². The van der Waals surface area contributed by atoms with E-state index in [1.807, 2.05) is 19.1 Å². The fourth-order valence-electron chi connectivity index (χ4n) is 2.37. The summed E-state index contributed by atoms with van der Waals surface area (Å²) in [6.07, 6.45) is 1.66. The Kier molecular flexibility index (Phi) is 7.03. The van der Waals surface area contributed by atoms with Crippen molar-refractivity contribution >= 4 is 29.4 Å². The van der Waals surface area contributed by atoms with Crippen molar-refractivity contribution in [3.05, 3.63) is 59.5 Å². The number of benzene rings is 1. The number of furan rings is 1. The van der Waals surface area contributed by atoms with Crippen LogP contribution >= 0.6 is 11.8 Å². The number of carbonyl (C=O) groups excluding carboxylic acids is 3. The van der Waals surface area contributed by atoms with Crippen LogP contribution in [0.5, 0.6) is 0 Å². The smallest absolute Gasteiger partial charge is 0.217 e. The molecule has 0 spiro atoms. The quantitative estimate of drug-likeness (QED) is 0.673. The van der Waals surface area contributed by atoms with E-state index in [0.29, 0.717) is 11.3 Å². The third-order valence-corrected chi connectivity index (χ3v) is 5.06. The normalized spacial score (nSPS) is 13.0. The van der Waals surface area contributed by atoms with E-state index in [0.717, 1.165) is 5.56 Å². The average Bonchev–Trinajstić information content (AvgIpc) is 3.11. The van der Waals surface area contributed by atoms with Crippen LogP contribution in [-0.2, 0) is 9.59 Å². The first-order valence-corrected chi connectivity index (χ1v) is 9.14. The number of hydrogen-bond donors (Lipinski definition) is 1. The molecule has 0 aliphatic heterocycles. The number of rotatable bonds is 9. The van der Waals surface area contributed by atoms with Gasteiger partial charge >= 0.3 is 0 Å². The van der Waals surface area contributed by atoms with Gasteiger partial charge in [-0.25, -0.2) is 0 Å². The molecule has 1 N–H and O–H groups in total. The van der Waals surface area contributed by atoms with Crippen molar-refractivity contribution < 1.29 is 23.9 Å². The number of carbonyl (C=O) groups is 3. The van der Waals surface area contributed by atoms with Gasteiger partial charge in [0, 0.05) is 24.7 Å². The molecule has 0 unspecified atom stereocenters. The average molecular weight is 374 g/mol. The molecule has 26 heavy (non-hydrogen) atoms. The standard InChI is InChI=1S/C19H21NO5S/c1-12-5-7-14(8-6-12)16(22)10-18(17-4-3-9-25-17)26-11-15(19(23)24)20-13(2)21/h3-9,15,18H,10-11H2,1-2H3,(H,20,21)(H,23,24)/p-1/t15-,18+/m1/s1. The number of thioether (sulfide) groups is 1. The molecule has 138 valence electrons. The molecule has 0 saturated heterocycles. The molecule has 1 amide bonds. The van der Waals surface area contributed by atoms with Crippen molar-refractivity contribution in [3.8, 4) is 0 Å². The van der Waals surface area contributed by atoms with Crippen molar-refractivity contribution in [2.45, 2.75) is 31.6 Å². The lowest BCUT2D eigenvalue weighted by atomic mass is 10.0. The second-order valence-corrected chi connectivity index (χ2v) is 7.14. The molecule has 6 nitrogen and oxygen atoms in total. The Morgan fingerprint density at radius 3 is 2.42 bits per heavy atom. The molecule has 2 atom stereocenters. The molecular weight excluding hydrogens is 354 g/mol. The van der Waals surface area contributed by atoms with Gasteiger partial charge in [-0.15, -0.1) is 11.8 Å². The van der Waals surface area contributed by atoms with Crippen molar-refractivity contribution in [1.29, 1.82) is 0 Å². The summed E-state index contributed by atoms with van der Waals surface area (Å²) in [4.78, 5) is 34.9. The molecule has 0 aliphatic carbocycles. The van der Waals surface area contributed by atoms with E-state index in [2.05, 4.69) is 5.32 Å². The maximum Gasteiger partial charge on any atom is 0.217 e. The van der Waals surface area contributed by atoms with E-state index in [9.17, 15) is 19.5 Å². The van der Waals surface area contributed by atoms with E-state index in [1.54, 1.807) is 24.3 Å². The third kappa shape index (κ3) is 5.77. The molecule has 1 heterocycles. The van der Waals surface area contributed by atoms with E-state index in [4.69, 9.17) is 4.42 Å². The molecule has 7 heteroatoms. The summed E-state index contributed by atoms with van der Waals surface area (Å²) in [5, 5.41) is 13.1. The highest BCUT2D eigenvalue weighted by Gasteiger charge is 2.22. The van der Waals surface area contributed by atoms with Gasteiger partial charge in [0.1, 0.15) is 5.76 Å². The van der Waals surface area contributed by atoms with Gasteiger partial charge in [-0.3, -0.25) is 9.59 Å². The lowest BCUT2D eigenvalue weighted by Crippen LogP contribution is -2.48. The maximum absolute atomic E-state index is 12.6. The Morgan fingerprint density at radius 2 is 1.88 bits per heavy atom. The minimum absolute atomic E-state index is 0.0639. The van der Waals surface area contributed by atoms with Crippen molar-refractivity contribution in [2.75, 3.05) is 5.75 Å². The Labute approximate surface area is 156 Å². The summed E-state index contributed by atoms with van der Waals surface area (Å²) in [5.74, 6) is -1.24. The number of hydrogen-bond acceptors (Lipinski definition) is 6. The highest BCUT2D eigenvalue weighted by Crippen LogP contribution is 2.34. The fraction of sp³-hybridized carbons (Fsp3) is 0.316. The Bertz CT molecular complexity index is 755. The van der Waals surface area contributed by atoms with Gasteiger partial charge in [-0.05, 0) is 19.1 Å². The minimum Gasteiger partial charge on any atom is -0.548 e. The Hall–Kier alpha value is -2.54. The van der Waals surface area contributed by atoms with Gasteiger partial charge in [0.25, 0.3) is 0 Å². The highest BCUT2D eigenvalue weighted by molar-refractivity contribution is 7.99. The summed E-state index contributed by atoms with van der Waals surface area (Å²) in [5.41, 5.74) is 1.65. The molecule has 2 rings (SSSR count). The SMILES string of the molecule is CC(=O)N[C@H](CS[C@@H](CC(=O)c1ccc(C)cc1)c1ccco1)C(=O)[O-]. The van der Waals surface area contributed by atoms with E-state index in [1.165, 1.54) is 24.9 Å². The van der Waals surface area contributed by atoms with E-state index >= 15 is 0 Å². The predicted octanol–water partition coefficient (Wildman–Crippen LogP) is 1.89. The number of carboxylic acids is 1. The second-order valence-electron chi connectivity index (χ2n) is 5.90. The first kappa shape index (κ1) is 19.8. The van der Waals surface area contributed by atoms with Crippen molar-refractivity contribution in [1.82, 2.24) is 5.32 Å². The minimum atomic E-state index is -1.37. The molecule has 0 aliphatic rings. The number of carboxylic acid groups (broad SMARTS) is 1. The number of aryl methyl sites for hydroxylation is 1. The van der Waals surface area contributed by atoms with Crippen LogP contribution in [0.4, 0.5) is 0 Å². The zero-order valence-electron chi connectivity index (χ0n) is 14.6. The predicted molar refractivity (Wildman–Crippen MR) is 96.6 cm³/mol. The summed E-state index contributed by atoms with van der Waals surface area (Å²) in [7, 11) is 0. The van der Waals surface area contributed by atoms with Crippen LogP contribution in [0.15, 0.2) is 47.1 Å². The number of nitrogens with one attached hydrogen (secondary N) is 1. The topological polar surface area (TPSA) is 99.4 Å². The van der Waals surface area contributed by atoms with Crippen LogP contribution in [0.2, 0.25) is 0 Å². The van der Waals surface area contributed by atoms with E-state index in [-0.39, 0.29) is 23.2 Å². The van der Waals surface area contributed by atoms with E-state index < -0.39 is 17.9 Å². The molecular formula is C19H20NO5S-. The number of ketones is 1. The summed E-state index contributed by atoms with van der Waals surface area (Å²) in [6.45, 7) is 3.18. The third-order valence-electron chi connectivity index (χ3n) is 3.73. The summed E-state index contributed by atoms with van der Waals surface area (Å²) < 4.78 is 5.40. The number of aliphatic carboxylic acids is 1. The lowest BCUT2D eigenvalue weighted by Gasteiger charge is -2.21. The molecule has 1 aromatic heterocycles. The highest BCUT2D eigenvalue weighted by atomic mass is 32.2. The molecule has 0 saturated carbocycles. The zero-order valence-corrected chi connectivity index (χ0v) is 15.4. The Balaban J connectivity index is 2.09. The van der Waals surface area contributed by atoms with Gasteiger partial charge in [0.05, 0.1) is 23.5 Å². The zero-order chi connectivity index (χ0) is 19.1. The lowest BCUT2D eigenvalue weighted by molar-refractivity contribution is -0.307. The first-order chi connectivity index (χ1) is 12.4. The van der Waals surface area contributed by atoms with Crippen molar-refractivity contribution in [2.24, 2.45) is 0 Å². The summed E-state index contributed by atoms with van der Waals surface area (Å²) >= 11 is 1.23. The molecule has 0 fully saturated rings. The van der Waals surface area contributed by atoms with Gasteiger partial charge in [0.15, 0.2) is 5.78 Å². The summed E-state index contributed by atoms with van der Waals surface area (Å²) in [6, 6.07) is 9.59. The number of amides is 1. The van der Waals surface area contributed by atoms with Crippen molar-refractivity contribution in [3.63, 3.8) is 0 Å². The molecule has 1 aromatic carbocycles. The molecule has 0 radical (unpaired) electrons. The van der Waals surface area contributed by atoms with Gasteiger partial charge in [-0.1, -0.05) is 29.8 Å². The van der Waals surface area contributed by atoms with Gasteiger partial charge < -0.3 is 19.6 Å². The van der Waals surface area contributed by atoms with Crippen LogP contribution in [0.25, 0.3) is 0 Å². The van der Waals surface area contributed by atoms with Gasteiger partial charge in [0.2, 0.25) is 5.91 Å². The van der Waals surface area contributed by atoms with Crippen LogP contribution in [0.3, 0.4) is 0 Å². The molecule has 2 aromatic rings. The van der Waals surface area contributed by atoms with Crippen LogP contribution in [0.1, 0.15) is 40.3 Å². The Morgan fingerprint density at radius 1 is 1.19 bits per heavy atom. The fourth-order valence-corrected chi connectivity index (χ4v) is 3.58. The van der Waals surface area contributed by atoms with Gasteiger partial charge in [-0.2, -0.15) is 0 Å². The monoisotopic (exact) mass is 374 g/mol. The van der Waals surface area contributed by atoms with Crippen LogP contribution in [-0.4, -0.2) is 29.5 Å². The first-order valence-electron chi connectivity index (χ1n) is 8.09. The molecule has 0 bridgehead atoms. The van der Waals surface area contributed by atoms with Crippen LogP contribution in [0, 0.1) is 6.92 Å². The largest absolute Gasteiger partial charge is 0.548 e. The maximum atomic E-state index is 12.6.